The van der Waals surface area contributed by atoms with Gasteiger partial charge in [0.2, 0.25) is 5.91 Å². The summed E-state index contributed by atoms with van der Waals surface area (Å²) in [5.41, 5.74) is 0.764. The summed E-state index contributed by atoms with van der Waals surface area (Å²) in [7, 11) is 1.64. The molecule has 3 N–H and O–H groups in total. The van der Waals surface area contributed by atoms with E-state index in [4.69, 9.17) is 9.90 Å². The average molecular weight is 452 g/mol. The zero-order valence-corrected chi connectivity index (χ0v) is 16.0. The molecule has 170 valence electrons. The molecule has 1 aromatic heterocycles. The standard InChI is InChI=1S/C16H17F3N4O.C2HF3O2/c1-23(9-10-5-21-22-6-10)15(24)13-8-20-7-12-11(13)3-2-4-14(12)16(17,18)19;3-2(4,5)1(6)7/h2-6,13,20H,7-9H2,1H3,(H,21,22);(H,6,7). The second kappa shape index (κ2) is 9.37. The Labute approximate surface area is 172 Å². The summed E-state index contributed by atoms with van der Waals surface area (Å²) in [6.07, 6.45) is -6.22. The number of aromatic amines is 1. The van der Waals surface area contributed by atoms with Gasteiger partial charge in [0.15, 0.2) is 0 Å². The number of halogens is 6. The lowest BCUT2D eigenvalue weighted by Gasteiger charge is -2.30. The summed E-state index contributed by atoms with van der Waals surface area (Å²) in [5.74, 6) is -3.61. The number of likely N-dealkylation sites (N-methyl/N-ethyl adjacent to an activating group) is 1. The minimum absolute atomic E-state index is 0.111. The lowest BCUT2D eigenvalue weighted by atomic mass is 9.87. The van der Waals surface area contributed by atoms with E-state index in [0.717, 1.165) is 11.6 Å². The third-order valence-corrected chi connectivity index (χ3v) is 4.43. The Morgan fingerprint density at radius 3 is 2.39 bits per heavy atom. The van der Waals surface area contributed by atoms with Gasteiger partial charge in [0.05, 0.1) is 17.7 Å². The number of nitrogens with zero attached hydrogens (tertiary/aromatic N) is 2. The molecule has 1 amide bonds. The van der Waals surface area contributed by atoms with Crippen molar-refractivity contribution in [1.82, 2.24) is 20.4 Å². The van der Waals surface area contributed by atoms with E-state index in [9.17, 15) is 31.1 Å². The molecule has 3 rings (SSSR count). The SMILES string of the molecule is CN(Cc1cn[nH]c1)C(=O)C1CNCc2c1cccc2C(F)(F)F.O=C(O)C(F)(F)F. The van der Waals surface area contributed by atoms with E-state index in [1.54, 1.807) is 25.5 Å². The van der Waals surface area contributed by atoms with E-state index < -0.39 is 29.8 Å². The van der Waals surface area contributed by atoms with Crippen molar-refractivity contribution in [2.24, 2.45) is 0 Å². The topological polar surface area (TPSA) is 98.3 Å². The number of benzene rings is 1. The van der Waals surface area contributed by atoms with E-state index in [2.05, 4.69) is 15.5 Å². The number of aliphatic carboxylic acids is 1. The molecule has 1 atom stereocenters. The molecule has 0 saturated heterocycles. The van der Waals surface area contributed by atoms with Crippen LogP contribution >= 0.6 is 0 Å². The molecule has 0 saturated carbocycles. The van der Waals surface area contributed by atoms with Crippen molar-refractivity contribution in [1.29, 1.82) is 0 Å². The summed E-state index contributed by atoms with van der Waals surface area (Å²) in [6, 6.07) is 4.03. The van der Waals surface area contributed by atoms with E-state index in [1.807, 2.05) is 0 Å². The van der Waals surface area contributed by atoms with Crippen LogP contribution in [0, 0.1) is 0 Å². The van der Waals surface area contributed by atoms with Gasteiger partial charge < -0.3 is 15.3 Å². The van der Waals surface area contributed by atoms with Crippen molar-refractivity contribution in [2.75, 3.05) is 13.6 Å². The predicted octanol–water partition coefficient (Wildman–Crippen LogP) is 2.91. The second-order valence-electron chi connectivity index (χ2n) is 6.66. The van der Waals surface area contributed by atoms with Gasteiger partial charge in [-0.3, -0.25) is 9.89 Å². The Bertz CT molecular complexity index is 912. The molecule has 2 heterocycles. The molecule has 1 aromatic carbocycles. The van der Waals surface area contributed by atoms with Crippen LogP contribution in [0.25, 0.3) is 0 Å². The van der Waals surface area contributed by atoms with Crippen LogP contribution in [0.15, 0.2) is 30.6 Å². The highest BCUT2D eigenvalue weighted by Gasteiger charge is 2.39. The van der Waals surface area contributed by atoms with Crippen molar-refractivity contribution >= 4 is 11.9 Å². The Morgan fingerprint density at radius 2 is 1.87 bits per heavy atom. The van der Waals surface area contributed by atoms with Crippen molar-refractivity contribution < 1.29 is 41.0 Å². The lowest BCUT2D eigenvalue weighted by molar-refractivity contribution is -0.192. The molecule has 7 nitrogen and oxygen atoms in total. The highest BCUT2D eigenvalue weighted by Crippen LogP contribution is 2.37. The van der Waals surface area contributed by atoms with Gasteiger partial charge in [0.25, 0.3) is 0 Å². The maximum atomic E-state index is 13.2. The third kappa shape index (κ3) is 6.20. The lowest BCUT2D eigenvalue weighted by Crippen LogP contribution is -2.40. The molecule has 0 fully saturated rings. The van der Waals surface area contributed by atoms with Crippen molar-refractivity contribution in [3.63, 3.8) is 0 Å². The number of carboxylic acids is 1. The van der Waals surface area contributed by atoms with Crippen LogP contribution in [0.1, 0.15) is 28.2 Å². The van der Waals surface area contributed by atoms with Crippen LogP contribution < -0.4 is 5.32 Å². The number of amides is 1. The third-order valence-electron chi connectivity index (χ3n) is 4.43. The molecule has 0 aliphatic carbocycles. The fourth-order valence-electron chi connectivity index (χ4n) is 3.05. The van der Waals surface area contributed by atoms with Crippen LogP contribution in [-0.2, 0) is 28.9 Å². The van der Waals surface area contributed by atoms with Crippen LogP contribution in [0.4, 0.5) is 26.3 Å². The molecule has 2 aromatic rings. The summed E-state index contributed by atoms with van der Waals surface area (Å²) in [6.45, 7) is 0.781. The molecular formula is C18H18F6N4O3. The van der Waals surface area contributed by atoms with Gasteiger partial charge >= 0.3 is 18.3 Å². The van der Waals surface area contributed by atoms with Crippen LogP contribution in [0.3, 0.4) is 0 Å². The van der Waals surface area contributed by atoms with Crippen LogP contribution in [-0.4, -0.2) is 51.8 Å². The number of H-pyrrole nitrogens is 1. The monoisotopic (exact) mass is 452 g/mol. The zero-order chi connectivity index (χ0) is 23.4. The van der Waals surface area contributed by atoms with E-state index in [0.29, 0.717) is 18.7 Å². The first-order chi connectivity index (χ1) is 14.3. The molecular weight excluding hydrogens is 434 g/mol. The average Bonchev–Trinajstić information content (AvgIpc) is 3.18. The van der Waals surface area contributed by atoms with Crippen molar-refractivity contribution in [3.8, 4) is 0 Å². The van der Waals surface area contributed by atoms with E-state index in [1.165, 1.54) is 11.0 Å². The van der Waals surface area contributed by atoms with Gasteiger partial charge in [-0.1, -0.05) is 12.1 Å². The molecule has 1 unspecified atom stereocenters. The number of hydrogen-bond donors (Lipinski definition) is 3. The molecule has 31 heavy (non-hydrogen) atoms. The Morgan fingerprint density at radius 1 is 1.23 bits per heavy atom. The first-order valence-corrected chi connectivity index (χ1v) is 8.74. The molecule has 0 radical (unpaired) electrons. The van der Waals surface area contributed by atoms with Gasteiger partial charge in [0.1, 0.15) is 0 Å². The largest absolute Gasteiger partial charge is 0.490 e. The normalized spacial score (nSPS) is 16.0. The molecule has 13 heteroatoms. The highest BCUT2D eigenvalue weighted by atomic mass is 19.4. The number of carbonyl (C=O) groups excluding carboxylic acids is 1. The number of alkyl halides is 6. The number of nitrogens with one attached hydrogen (secondary N) is 2. The van der Waals surface area contributed by atoms with Crippen LogP contribution in [0.2, 0.25) is 0 Å². The summed E-state index contributed by atoms with van der Waals surface area (Å²) >= 11 is 0. The molecule has 0 spiro atoms. The Balaban J connectivity index is 0.000000423. The smallest absolute Gasteiger partial charge is 0.475 e. The first kappa shape index (κ1) is 24.2. The number of aromatic nitrogens is 2. The molecule has 0 bridgehead atoms. The predicted molar refractivity (Wildman–Crippen MR) is 94.6 cm³/mol. The van der Waals surface area contributed by atoms with E-state index in [-0.39, 0.29) is 18.0 Å². The number of rotatable bonds is 3. The first-order valence-electron chi connectivity index (χ1n) is 8.74. The molecule has 1 aliphatic rings. The number of carboxylic acid groups (broad SMARTS) is 1. The van der Waals surface area contributed by atoms with Gasteiger partial charge in [0, 0.05) is 38.4 Å². The summed E-state index contributed by atoms with van der Waals surface area (Å²) in [5, 5.41) is 16.5. The minimum Gasteiger partial charge on any atom is -0.475 e. The molecule has 1 aliphatic heterocycles. The summed E-state index contributed by atoms with van der Waals surface area (Å²) < 4.78 is 71.3. The second-order valence-corrected chi connectivity index (χ2v) is 6.66. The van der Waals surface area contributed by atoms with Crippen LogP contribution in [0.5, 0.6) is 0 Å². The number of hydrogen-bond acceptors (Lipinski definition) is 4. The zero-order valence-electron chi connectivity index (χ0n) is 16.0. The maximum Gasteiger partial charge on any atom is 0.490 e. The van der Waals surface area contributed by atoms with Crippen molar-refractivity contribution in [3.05, 3.63) is 52.8 Å². The summed E-state index contributed by atoms with van der Waals surface area (Å²) in [4.78, 5) is 23.1. The highest BCUT2D eigenvalue weighted by molar-refractivity contribution is 5.84. The fourth-order valence-corrected chi connectivity index (χ4v) is 3.05. The van der Waals surface area contributed by atoms with Gasteiger partial charge in [-0.05, 0) is 17.2 Å². The van der Waals surface area contributed by atoms with Crippen molar-refractivity contribution in [2.45, 2.75) is 31.4 Å². The maximum absolute atomic E-state index is 13.2. The fraction of sp³-hybridized carbons (Fsp3) is 0.389. The Kier molecular flexibility index (Phi) is 7.31. The van der Waals surface area contributed by atoms with Gasteiger partial charge in [-0.15, -0.1) is 0 Å². The number of fused-ring (bicyclic) bond motifs is 1. The van der Waals surface area contributed by atoms with Gasteiger partial charge in [-0.2, -0.15) is 31.4 Å². The number of carbonyl (C=O) groups is 2. The minimum atomic E-state index is -5.08. The van der Waals surface area contributed by atoms with E-state index >= 15 is 0 Å². The quantitative estimate of drug-likeness (QED) is 0.623. The van der Waals surface area contributed by atoms with Gasteiger partial charge in [-0.25, -0.2) is 4.79 Å². The Hall–Kier alpha value is -3.09.